The molecular weight excluding hydrogens is 382 g/mol. The average Bonchev–Trinajstić information content (AvgIpc) is 3.17. The Balaban J connectivity index is 1.37. The van der Waals surface area contributed by atoms with Crippen LogP contribution in [0.15, 0.2) is 54.6 Å². The van der Waals surface area contributed by atoms with Crippen molar-refractivity contribution in [2.24, 2.45) is 0 Å². The first-order valence-corrected chi connectivity index (χ1v) is 9.68. The van der Waals surface area contributed by atoms with Crippen molar-refractivity contribution >= 4 is 17.8 Å². The van der Waals surface area contributed by atoms with Gasteiger partial charge in [0, 0.05) is 11.3 Å². The average molecular weight is 403 g/mol. The van der Waals surface area contributed by atoms with Crippen LogP contribution < -0.4 is 0 Å². The quantitative estimate of drug-likeness (QED) is 0.467. The number of hydrogen-bond donors (Lipinski definition) is 0. The van der Waals surface area contributed by atoms with E-state index in [0.29, 0.717) is 11.1 Å². The molecule has 0 aliphatic carbocycles. The molecule has 2 aromatic carbocycles. The first-order chi connectivity index (χ1) is 14.5. The van der Waals surface area contributed by atoms with Crippen molar-refractivity contribution in [2.75, 3.05) is 13.2 Å². The molecule has 2 amide bonds. The van der Waals surface area contributed by atoms with Gasteiger partial charge in [0.1, 0.15) is 6.61 Å². The molecule has 0 radical (unpaired) electrons. The van der Waals surface area contributed by atoms with Crippen LogP contribution in [0.2, 0.25) is 0 Å². The minimum Gasteiger partial charge on any atom is -0.464 e. The van der Waals surface area contributed by atoms with Gasteiger partial charge < -0.3 is 4.74 Å². The molecule has 7 nitrogen and oxygen atoms in total. The van der Waals surface area contributed by atoms with Crippen molar-refractivity contribution in [1.82, 2.24) is 14.7 Å². The van der Waals surface area contributed by atoms with Crippen LogP contribution in [-0.4, -0.2) is 45.6 Å². The number of hydrogen-bond acceptors (Lipinski definition) is 5. The summed E-state index contributed by atoms with van der Waals surface area (Å²) >= 11 is 0. The number of benzene rings is 2. The smallest absolute Gasteiger partial charge is 0.310 e. The molecule has 0 atom stereocenters. The molecule has 1 aliphatic rings. The molecule has 152 valence electrons. The number of aromatic nitrogens is 2. The Morgan fingerprint density at radius 2 is 1.53 bits per heavy atom. The van der Waals surface area contributed by atoms with Crippen LogP contribution in [0.3, 0.4) is 0 Å². The van der Waals surface area contributed by atoms with Crippen LogP contribution in [-0.2, 0) is 16.0 Å². The predicted molar refractivity (Wildman–Crippen MR) is 110 cm³/mol. The lowest BCUT2D eigenvalue weighted by molar-refractivity contribution is -0.143. The maximum Gasteiger partial charge on any atom is 0.310 e. The molecule has 0 spiro atoms. The highest BCUT2D eigenvalue weighted by Gasteiger charge is 2.34. The zero-order valence-electron chi connectivity index (χ0n) is 16.8. The maximum atomic E-state index is 12.4. The van der Waals surface area contributed by atoms with Crippen LogP contribution in [0.1, 0.15) is 37.7 Å². The number of carbonyl (C=O) groups is 3. The summed E-state index contributed by atoms with van der Waals surface area (Å²) in [6, 6.07) is 16.4. The second kappa shape index (κ2) is 7.94. The van der Waals surface area contributed by atoms with Crippen molar-refractivity contribution < 1.29 is 19.1 Å². The number of para-hydroxylation sites is 1. The molecule has 0 saturated carbocycles. The predicted octanol–water partition coefficient (Wildman–Crippen LogP) is 2.87. The molecule has 3 aromatic rings. The monoisotopic (exact) mass is 403 g/mol. The number of rotatable bonds is 6. The summed E-state index contributed by atoms with van der Waals surface area (Å²) in [5, 5.41) is 4.53. The van der Waals surface area contributed by atoms with E-state index in [-0.39, 0.29) is 31.4 Å². The third-order valence-corrected chi connectivity index (χ3v) is 5.22. The second-order valence-corrected chi connectivity index (χ2v) is 7.10. The van der Waals surface area contributed by atoms with E-state index in [1.54, 1.807) is 28.9 Å². The van der Waals surface area contributed by atoms with Gasteiger partial charge in [-0.1, -0.05) is 30.3 Å². The SMILES string of the molecule is Cc1nn(-c2ccccc2)c(C)c1CC(=O)OCCN1C(=O)c2ccccc2C1=O. The summed E-state index contributed by atoms with van der Waals surface area (Å²) in [6.45, 7) is 3.75. The molecule has 1 aliphatic heterocycles. The normalized spacial score (nSPS) is 12.9. The third-order valence-electron chi connectivity index (χ3n) is 5.22. The number of imide groups is 1. The Labute approximate surface area is 173 Å². The van der Waals surface area contributed by atoms with E-state index in [4.69, 9.17) is 4.74 Å². The van der Waals surface area contributed by atoms with Gasteiger partial charge in [0.25, 0.3) is 11.8 Å². The highest BCUT2D eigenvalue weighted by Crippen LogP contribution is 2.22. The molecule has 4 rings (SSSR count). The van der Waals surface area contributed by atoms with E-state index in [0.717, 1.165) is 27.5 Å². The van der Waals surface area contributed by atoms with Crippen LogP contribution >= 0.6 is 0 Å². The molecule has 30 heavy (non-hydrogen) atoms. The maximum absolute atomic E-state index is 12.4. The largest absolute Gasteiger partial charge is 0.464 e. The number of esters is 1. The molecule has 0 unspecified atom stereocenters. The van der Waals surface area contributed by atoms with Crippen LogP contribution in [0.4, 0.5) is 0 Å². The van der Waals surface area contributed by atoms with E-state index >= 15 is 0 Å². The van der Waals surface area contributed by atoms with E-state index in [2.05, 4.69) is 5.10 Å². The fraction of sp³-hybridized carbons (Fsp3) is 0.217. The van der Waals surface area contributed by atoms with Crippen molar-refractivity contribution in [3.8, 4) is 5.69 Å². The highest BCUT2D eigenvalue weighted by atomic mass is 16.5. The lowest BCUT2D eigenvalue weighted by Crippen LogP contribution is -2.33. The molecule has 0 N–H and O–H groups in total. The summed E-state index contributed by atoms with van der Waals surface area (Å²) in [7, 11) is 0. The second-order valence-electron chi connectivity index (χ2n) is 7.10. The van der Waals surface area contributed by atoms with Crippen molar-refractivity contribution in [1.29, 1.82) is 0 Å². The van der Waals surface area contributed by atoms with Gasteiger partial charge >= 0.3 is 5.97 Å². The van der Waals surface area contributed by atoms with Gasteiger partial charge in [0.15, 0.2) is 0 Å². The zero-order chi connectivity index (χ0) is 21.3. The van der Waals surface area contributed by atoms with Gasteiger partial charge in [-0.2, -0.15) is 5.10 Å². The first kappa shape index (κ1) is 19.6. The molecular formula is C23H21N3O4. The summed E-state index contributed by atoms with van der Waals surface area (Å²) in [6.07, 6.45) is 0.0760. The standard InChI is InChI=1S/C23H21N3O4/c1-15-20(16(2)26(24-15)17-8-4-3-5-9-17)14-21(27)30-13-12-25-22(28)18-10-6-7-11-19(18)23(25)29/h3-11H,12-14H2,1-2H3. The third kappa shape index (κ3) is 3.50. The summed E-state index contributed by atoms with van der Waals surface area (Å²) in [5.74, 6) is -1.14. The summed E-state index contributed by atoms with van der Waals surface area (Å²) in [4.78, 5) is 38.2. The van der Waals surface area contributed by atoms with Gasteiger partial charge in [-0.3, -0.25) is 19.3 Å². The van der Waals surface area contributed by atoms with Gasteiger partial charge in [-0.25, -0.2) is 4.68 Å². The fourth-order valence-corrected chi connectivity index (χ4v) is 3.64. The van der Waals surface area contributed by atoms with Crippen LogP contribution in [0.5, 0.6) is 0 Å². The van der Waals surface area contributed by atoms with Gasteiger partial charge in [-0.15, -0.1) is 0 Å². The number of nitrogens with zero attached hydrogens (tertiary/aromatic N) is 3. The van der Waals surface area contributed by atoms with Crippen molar-refractivity contribution in [2.45, 2.75) is 20.3 Å². The number of amides is 2. The Bertz CT molecular complexity index is 1100. The number of fused-ring (bicyclic) bond motifs is 1. The summed E-state index contributed by atoms with van der Waals surface area (Å²) < 4.78 is 7.11. The minimum absolute atomic E-state index is 0.0271. The molecule has 0 fully saturated rings. The molecule has 2 heterocycles. The van der Waals surface area contributed by atoms with E-state index in [1.165, 1.54) is 0 Å². The van der Waals surface area contributed by atoms with E-state index in [1.807, 2.05) is 44.2 Å². The minimum atomic E-state index is -0.426. The lowest BCUT2D eigenvalue weighted by atomic mass is 10.1. The zero-order valence-corrected chi connectivity index (χ0v) is 16.8. The van der Waals surface area contributed by atoms with Crippen molar-refractivity contribution in [3.63, 3.8) is 0 Å². The molecule has 0 bridgehead atoms. The first-order valence-electron chi connectivity index (χ1n) is 9.68. The molecule has 1 aromatic heterocycles. The van der Waals surface area contributed by atoms with Gasteiger partial charge in [-0.05, 0) is 38.1 Å². The summed E-state index contributed by atoms with van der Waals surface area (Å²) in [5.41, 5.74) is 4.12. The molecule has 0 saturated heterocycles. The number of carbonyl (C=O) groups excluding carboxylic acids is 3. The van der Waals surface area contributed by atoms with Gasteiger partial charge in [0.05, 0.1) is 35.5 Å². The Morgan fingerprint density at radius 3 is 2.17 bits per heavy atom. The Hall–Kier alpha value is -3.74. The van der Waals surface area contributed by atoms with E-state index < -0.39 is 5.97 Å². The number of ether oxygens (including phenoxy) is 1. The Morgan fingerprint density at radius 1 is 0.933 bits per heavy atom. The topological polar surface area (TPSA) is 81.5 Å². The van der Waals surface area contributed by atoms with Crippen LogP contribution in [0, 0.1) is 13.8 Å². The Kier molecular flexibility index (Phi) is 5.18. The van der Waals surface area contributed by atoms with Gasteiger partial charge in [0.2, 0.25) is 0 Å². The van der Waals surface area contributed by atoms with E-state index in [9.17, 15) is 14.4 Å². The highest BCUT2D eigenvalue weighted by molar-refractivity contribution is 6.21. The van der Waals surface area contributed by atoms with Crippen LogP contribution in [0.25, 0.3) is 5.69 Å². The number of aryl methyl sites for hydroxylation is 1. The lowest BCUT2D eigenvalue weighted by Gasteiger charge is -2.13. The molecule has 7 heteroatoms. The fourth-order valence-electron chi connectivity index (χ4n) is 3.64. The van der Waals surface area contributed by atoms with Crippen molar-refractivity contribution in [3.05, 3.63) is 82.7 Å².